The summed E-state index contributed by atoms with van der Waals surface area (Å²) in [5.74, 6) is 0.635. The molecule has 1 aromatic heterocycles. The van der Waals surface area contributed by atoms with Crippen LogP contribution in [0.2, 0.25) is 0 Å². The zero-order valence-corrected chi connectivity index (χ0v) is 13.3. The Bertz CT molecular complexity index is 966. The lowest BCUT2D eigenvalue weighted by Gasteiger charge is -2.15. The van der Waals surface area contributed by atoms with Crippen LogP contribution in [-0.2, 0) is 0 Å². The number of nitrogens with zero attached hydrogens (tertiary/aromatic N) is 2. The van der Waals surface area contributed by atoms with Crippen LogP contribution in [-0.4, -0.2) is 9.55 Å². The molecule has 0 unspecified atom stereocenters. The van der Waals surface area contributed by atoms with Crippen LogP contribution in [0.15, 0.2) is 72.1 Å². The van der Waals surface area contributed by atoms with Crippen molar-refractivity contribution in [3.05, 3.63) is 83.4 Å². The lowest BCUT2D eigenvalue weighted by Crippen LogP contribution is -2.16. The fraction of sp³-hybridized carbons (Fsp3) is 0.100. The van der Waals surface area contributed by atoms with Crippen LogP contribution in [0, 0.1) is 6.92 Å². The van der Waals surface area contributed by atoms with Gasteiger partial charge in [-0.25, -0.2) is 0 Å². The Morgan fingerprint density at radius 1 is 1.13 bits per heavy atom. The maximum Gasteiger partial charge on any atom is 0.281 e. The van der Waals surface area contributed by atoms with Gasteiger partial charge in [-0.2, -0.15) is 4.98 Å². The monoisotopic (exact) mass is 302 g/mol. The van der Waals surface area contributed by atoms with Gasteiger partial charge >= 0.3 is 0 Å². The van der Waals surface area contributed by atoms with E-state index in [-0.39, 0.29) is 5.56 Å². The van der Waals surface area contributed by atoms with Crippen LogP contribution in [0.4, 0.5) is 0 Å². The van der Waals surface area contributed by atoms with Gasteiger partial charge < -0.3 is 0 Å². The molecule has 3 nitrogen and oxygen atoms in total. The Morgan fingerprint density at radius 3 is 2.57 bits per heavy atom. The summed E-state index contributed by atoms with van der Waals surface area (Å²) in [6.45, 7) is 7.85. The minimum atomic E-state index is -0.207. The molecule has 0 bridgehead atoms. The molecule has 0 saturated heterocycles. The molecule has 2 aromatic carbocycles. The highest BCUT2D eigenvalue weighted by molar-refractivity contribution is 5.95. The second kappa shape index (κ2) is 6.05. The van der Waals surface area contributed by atoms with Gasteiger partial charge in [-0.05, 0) is 37.1 Å². The van der Waals surface area contributed by atoms with E-state index in [9.17, 15) is 4.79 Å². The maximum absolute atomic E-state index is 12.6. The van der Waals surface area contributed by atoms with E-state index in [0.717, 1.165) is 22.3 Å². The molecule has 3 rings (SSSR count). The van der Waals surface area contributed by atoms with Crippen molar-refractivity contribution in [3.63, 3.8) is 0 Å². The largest absolute Gasteiger partial charge is 0.298 e. The van der Waals surface area contributed by atoms with Gasteiger partial charge in [0.05, 0.1) is 10.9 Å². The van der Waals surface area contributed by atoms with Gasteiger partial charge in [0.15, 0.2) is 0 Å². The Labute approximate surface area is 135 Å². The molecule has 0 saturated carbocycles. The van der Waals surface area contributed by atoms with Gasteiger partial charge in [-0.1, -0.05) is 55.1 Å². The van der Waals surface area contributed by atoms with E-state index in [1.807, 2.05) is 79.1 Å². The van der Waals surface area contributed by atoms with Gasteiger partial charge in [-0.3, -0.25) is 9.36 Å². The summed E-state index contributed by atoms with van der Waals surface area (Å²) >= 11 is 0. The molecule has 23 heavy (non-hydrogen) atoms. The van der Waals surface area contributed by atoms with Crippen LogP contribution in [0.5, 0.6) is 0 Å². The van der Waals surface area contributed by atoms with E-state index in [0.29, 0.717) is 11.2 Å². The Kier molecular flexibility index (Phi) is 3.94. The highest BCUT2D eigenvalue weighted by Gasteiger charge is 2.13. The summed E-state index contributed by atoms with van der Waals surface area (Å²) in [4.78, 5) is 16.8. The number of rotatable bonds is 3. The number of allylic oxidation sites excluding steroid dienone is 3. The number of hydrogen-bond donors (Lipinski definition) is 0. The van der Waals surface area contributed by atoms with Crippen LogP contribution in [0.3, 0.4) is 0 Å². The summed E-state index contributed by atoms with van der Waals surface area (Å²) in [6.07, 6.45) is 3.83. The summed E-state index contributed by atoms with van der Waals surface area (Å²) in [5.41, 5.74) is 3.30. The lowest BCUT2D eigenvalue weighted by atomic mass is 10.0. The van der Waals surface area contributed by atoms with Crippen molar-refractivity contribution < 1.29 is 0 Å². The molecule has 114 valence electrons. The number of aromatic nitrogens is 2. The number of aryl methyl sites for hydroxylation is 1. The molecule has 0 radical (unpaired) electrons. The van der Waals surface area contributed by atoms with E-state index >= 15 is 0 Å². The molecular formula is C20H18N2O. The molecule has 0 aliphatic carbocycles. The first-order valence-corrected chi connectivity index (χ1v) is 7.53. The summed E-state index contributed by atoms with van der Waals surface area (Å²) in [7, 11) is 0. The summed E-state index contributed by atoms with van der Waals surface area (Å²) in [6, 6.07) is 15.7. The van der Waals surface area contributed by atoms with Crippen LogP contribution < -0.4 is 5.56 Å². The van der Waals surface area contributed by atoms with Crippen molar-refractivity contribution in [2.24, 2.45) is 0 Å². The van der Waals surface area contributed by atoms with Crippen molar-refractivity contribution in [1.29, 1.82) is 0 Å². The molecule has 1 heterocycles. The molecule has 0 aliphatic rings. The van der Waals surface area contributed by atoms with E-state index in [1.165, 1.54) is 0 Å². The molecule has 3 aromatic rings. The highest BCUT2D eigenvalue weighted by Crippen LogP contribution is 2.27. The minimum Gasteiger partial charge on any atom is -0.298 e. The average Bonchev–Trinajstić information content (AvgIpc) is 2.55. The van der Waals surface area contributed by atoms with E-state index in [1.54, 1.807) is 0 Å². The van der Waals surface area contributed by atoms with Crippen molar-refractivity contribution in [2.45, 2.75) is 13.8 Å². The van der Waals surface area contributed by atoms with Crippen LogP contribution in [0.25, 0.3) is 27.7 Å². The fourth-order valence-electron chi connectivity index (χ4n) is 2.87. The zero-order chi connectivity index (χ0) is 16.4. The predicted octanol–water partition coefficient (Wildman–Crippen LogP) is 4.42. The average molecular weight is 302 g/mol. The first-order chi connectivity index (χ1) is 11.1. The van der Waals surface area contributed by atoms with Gasteiger partial charge in [0.1, 0.15) is 5.82 Å². The molecule has 0 atom stereocenters. The van der Waals surface area contributed by atoms with Crippen molar-refractivity contribution in [2.75, 3.05) is 0 Å². The van der Waals surface area contributed by atoms with Crippen molar-refractivity contribution in [1.82, 2.24) is 9.55 Å². The molecule has 0 fully saturated rings. The van der Waals surface area contributed by atoms with Crippen LogP contribution in [0.1, 0.15) is 12.7 Å². The molecule has 3 heteroatoms. The normalized spacial score (nSPS) is 11.2. The Morgan fingerprint density at radius 2 is 1.87 bits per heavy atom. The van der Waals surface area contributed by atoms with Crippen LogP contribution >= 0.6 is 0 Å². The maximum atomic E-state index is 12.6. The van der Waals surface area contributed by atoms with E-state index in [4.69, 9.17) is 0 Å². The third-order valence-electron chi connectivity index (χ3n) is 3.82. The number of fused-ring (bicyclic) bond motifs is 1. The van der Waals surface area contributed by atoms with E-state index < -0.39 is 0 Å². The first kappa shape index (κ1) is 15.0. The second-order valence-electron chi connectivity index (χ2n) is 5.36. The molecular weight excluding hydrogens is 284 g/mol. The minimum absolute atomic E-state index is 0.207. The lowest BCUT2D eigenvalue weighted by molar-refractivity contribution is 0.957. The number of hydrogen-bond acceptors (Lipinski definition) is 2. The zero-order valence-electron chi connectivity index (χ0n) is 13.3. The second-order valence-corrected chi connectivity index (χ2v) is 5.36. The summed E-state index contributed by atoms with van der Waals surface area (Å²) < 4.78 is 1.92. The molecule has 0 aliphatic heterocycles. The quantitative estimate of drug-likeness (QED) is 0.671. The van der Waals surface area contributed by atoms with Gasteiger partial charge in [0, 0.05) is 5.70 Å². The highest BCUT2D eigenvalue weighted by atomic mass is 16.1. The molecule has 0 amide bonds. The van der Waals surface area contributed by atoms with E-state index in [2.05, 4.69) is 11.6 Å². The third kappa shape index (κ3) is 2.61. The smallest absolute Gasteiger partial charge is 0.281 e. The predicted molar refractivity (Wildman–Crippen MR) is 96.3 cm³/mol. The fourth-order valence-corrected chi connectivity index (χ4v) is 2.87. The Balaban J connectivity index is 2.42. The number of benzene rings is 2. The standard InChI is InChI=1S/C20H18N2O/c1-4-9-14(2)22-15(3)21-20(23)19-17(12-8-13-18(19)22)16-10-6-5-7-11-16/h4-13H,2H2,1,3H3/b9-4-. The summed E-state index contributed by atoms with van der Waals surface area (Å²) in [5, 5.41) is 0.620. The SMILES string of the molecule is C=C(/C=C\C)n1c(C)nc(=O)c2c(-c3ccccc3)cccc21. The van der Waals surface area contributed by atoms with Gasteiger partial charge in [0.25, 0.3) is 5.56 Å². The first-order valence-electron chi connectivity index (χ1n) is 7.53. The van der Waals surface area contributed by atoms with Gasteiger partial charge in [-0.15, -0.1) is 0 Å². The topological polar surface area (TPSA) is 34.9 Å². The van der Waals surface area contributed by atoms with Gasteiger partial charge in [0.2, 0.25) is 0 Å². The van der Waals surface area contributed by atoms with Crippen molar-refractivity contribution in [3.8, 4) is 11.1 Å². The van der Waals surface area contributed by atoms with Crippen molar-refractivity contribution >= 4 is 16.6 Å². The third-order valence-corrected chi connectivity index (χ3v) is 3.82. The molecule has 0 N–H and O–H groups in total. The molecule has 0 spiro atoms. The Hall–Kier alpha value is -2.94.